The van der Waals surface area contributed by atoms with E-state index in [9.17, 15) is 22.4 Å². The monoisotopic (exact) mass is 408 g/mol. The molecule has 0 aliphatic rings. The van der Waals surface area contributed by atoms with Gasteiger partial charge in [0.25, 0.3) is 0 Å². The molecule has 9 heteroatoms. The molecule has 0 aromatic heterocycles. The van der Waals surface area contributed by atoms with Gasteiger partial charge in [-0.1, -0.05) is 13.0 Å². The first-order valence-electron chi connectivity index (χ1n) is 8.41. The van der Waals surface area contributed by atoms with Crippen molar-refractivity contribution in [2.75, 3.05) is 23.0 Å². The topological polar surface area (TPSA) is 92.8 Å². The third-order valence-corrected chi connectivity index (χ3v) is 5.14. The molecule has 7 nitrogen and oxygen atoms in total. The van der Waals surface area contributed by atoms with Gasteiger partial charge in [0.2, 0.25) is 15.9 Å². The summed E-state index contributed by atoms with van der Waals surface area (Å²) in [5.74, 6) is -1.67. The van der Waals surface area contributed by atoms with Gasteiger partial charge in [-0.2, -0.15) is 0 Å². The highest BCUT2D eigenvalue weighted by molar-refractivity contribution is 7.92. The Morgan fingerprint density at radius 3 is 2.36 bits per heavy atom. The smallest absolute Gasteiger partial charge is 0.337 e. The molecule has 0 fully saturated rings. The molecular weight excluding hydrogens is 387 g/mol. The summed E-state index contributed by atoms with van der Waals surface area (Å²) in [4.78, 5) is 24.5. The molecule has 2 rings (SSSR count). The van der Waals surface area contributed by atoms with Gasteiger partial charge in [0.1, 0.15) is 11.9 Å². The summed E-state index contributed by atoms with van der Waals surface area (Å²) in [5.41, 5.74) is 0.736. The van der Waals surface area contributed by atoms with E-state index < -0.39 is 33.8 Å². The molecule has 2 aromatic carbocycles. The standard InChI is InChI=1S/C19H21FN2O5S/c1-4-17(22(28(3,25)26)16-10-8-14(20)9-11-16)18(23)21-15-7-5-6-13(12-15)19(24)27-2/h5-12,17H,4H2,1-3H3,(H,21,23)/t17-/m1/s1. The van der Waals surface area contributed by atoms with E-state index in [1.807, 2.05) is 0 Å². The summed E-state index contributed by atoms with van der Waals surface area (Å²) in [7, 11) is -2.59. The number of esters is 1. The van der Waals surface area contributed by atoms with Crippen LogP contribution in [0.1, 0.15) is 23.7 Å². The Balaban J connectivity index is 2.34. The van der Waals surface area contributed by atoms with Crippen molar-refractivity contribution in [3.63, 3.8) is 0 Å². The number of carbonyl (C=O) groups excluding carboxylic acids is 2. The van der Waals surface area contributed by atoms with Gasteiger partial charge in [0, 0.05) is 5.69 Å². The quantitative estimate of drug-likeness (QED) is 0.711. The zero-order valence-electron chi connectivity index (χ0n) is 15.7. The van der Waals surface area contributed by atoms with Crippen LogP contribution in [0, 0.1) is 5.82 Å². The molecule has 0 spiro atoms. The minimum Gasteiger partial charge on any atom is -0.465 e. The predicted molar refractivity (Wildman–Crippen MR) is 104 cm³/mol. The highest BCUT2D eigenvalue weighted by atomic mass is 32.2. The SMILES string of the molecule is CC[C@H](C(=O)Nc1cccc(C(=O)OC)c1)N(c1ccc(F)cc1)S(C)(=O)=O. The molecule has 0 heterocycles. The highest BCUT2D eigenvalue weighted by Crippen LogP contribution is 2.24. The van der Waals surface area contributed by atoms with Crippen molar-refractivity contribution < 1.29 is 27.1 Å². The van der Waals surface area contributed by atoms with Gasteiger partial charge in [-0.15, -0.1) is 0 Å². The van der Waals surface area contributed by atoms with Crippen LogP contribution in [0.3, 0.4) is 0 Å². The largest absolute Gasteiger partial charge is 0.465 e. The van der Waals surface area contributed by atoms with Gasteiger partial charge in [-0.25, -0.2) is 17.6 Å². The number of anilines is 2. The number of amides is 1. The number of nitrogens with one attached hydrogen (secondary N) is 1. The van der Waals surface area contributed by atoms with Gasteiger partial charge in [0.05, 0.1) is 24.6 Å². The number of benzene rings is 2. The minimum absolute atomic E-state index is 0.174. The van der Waals surface area contributed by atoms with Gasteiger partial charge < -0.3 is 10.1 Å². The van der Waals surface area contributed by atoms with Crippen LogP contribution in [0.5, 0.6) is 0 Å². The molecule has 0 saturated heterocycles. The average Bonchev–Trinajstić information content (AvgIpc) is 2.65. The number of sulfonamides is 1. The van der Waals surface area contributed by atoms with Crippen LogP contribution in [-0.2, 0) is 19.6 Å². The Bertz CT molecular complexity index is 961. The van der Waals surface area contributed by atoms with Gasteiger partial charge in [0.15, 0.2) is 0 Å². The summed E-state index contributed by atoms with van der Waals surface area (Å²) >= 11 is 0. The van der Waals surface area contributed by atoms with Crippen molar-refractivity contribution >= 4 is 33.3 Å². The van der Waals surface area contributed by atoms with E-state index in [2.05, 4.69) is 10.1 Å². The normalized spacial score (nSPS) is 12.1. The van der Waals surface area contributed by atoms with E-state index in [4.69, 9.17) is 0 Å². The van der Waals surface area contributed by atoms with Crippen molar-refractivity contribution in [3.05, 3.63) is 59.9 Å². The van der Waals surface area contributed by atoms with Crippen molar-refractivity contribution in [3.8, 4) is 0 Å². The molecule has 2 aromatic rings. The van der Waals surface area contributed by atoms with E-state index in [1.54, 1.807) is 19.1 Å². The van der Waals surface area contributed by atoms with Crippen LogP contribution >= 0.6 is 0 Å². The lowest BCUT2D eigenvalue weighted by Crippen LogP contribution is -2.47. The fraction of sp³-hybridized carbons (Fsp3) is 0.263. The molecule has 0 aliphatic heterocycles. The number of carbonyl (C=O) groups is 2. The Hall–Kier alpha value is -2.94. The van der Waals surface area contributed by atoms with Crippen molar-refractivity contribution in [1.82, 2.24) is 0 Å². The zero-order chi connectivity index (χ0) is 20.9. The molecule has 1 amide bonds. The van der Waals surface area contributed by atoms with Crippen molar-refractivity contribution in [2.45, 2.75) is 19.4 Å². The van der Waals surface area contributed by atoms with Gasteiger partial charge >= 0.3 is 5.97 Å². The predicted octanol–water partition coefficient (Wildman–Crippen LogP) is 2.80. The molecule has 1 N–H and O–H groups in total. The number of hydrogen-bond donors (Lipinski definition) is 1. The van der Waals surface area contributed by atoms with E-state index in [1.165, 1.54) is 31.4 Å². The minimum atomic E-state index is -3.83. The lowest BCUT2D eigenvalue weighted by Gasteiger charge is -2.30. The third kappa shape index (κ3) is 5.07. The molecule has 28 heavy (non-hydrogen) atoms. The maximum absolute atomic E-state index is 13.2. The molecule has 0 unspecified atom stereocenters. The molecule has 150 valence electrons. The average molecular weight is 408 g/mol. The second-order valence-electron chi connectivity index (χ2n) is 6.02. The van der Waals surface area contributed by atoms with Crippen LogP contribution in [0.2, 0.25) is 0 Å². The maximum atomic E-state index is 13.2. The van der Waals surface area contributed by atoms with Crippen molar-refractivity contribution in [1.29, 1.82) is 0 Å². The van der Waals surface area contributed by atoms with Gasteiger partial charge in [-0.3, -0.25) is 9.10 Å². The first kappa shape index (κ1) is 21.4. The van der Waals surface area contributed by atoms with Crippen LogP contribution in [0.4, 0.5) is 15.8 Å². The highest BCUT2D eigenvalue weighted by Gasteiger charge is 2.31. The van der Waals surface area contributed by atoms with E-state index in [-0.39, 0.29) is 17.7 Å². The lowest BCUT2D eigenvalue weighted by molar-refractivity contribution is -0.117. The first-order valence-corrected chi connectivity index (χ1v) is 10.3. The zero-order valence-corrected chi connectivity index (χ0v) is 16.5. The second-order valence-corrected chi connectivity index (χ2v) is 7.88. The fourth-order valence-corrected chi connectivity index (χ4v) is 3.93. The van der Waals surface area contributed by atoms with Crippen molar-refractivity contribution in [2.24, 2.45) is 0 Å². The Labute approximate surface area is 163 Å². The molecular formula is C19H21FN2O5S. The summed E-state index contributed by atoms with van der Waals surface area (Å²) < 4.78 is 43.5. The van der Waals surface area contributed by atoms with Crippen LogP contribution in [0.15, 0.2) is 48.5 Å². The Morgan fingerprint density at radius 1 is 1.18 bits per heavy atom. The second kappa shape index (κ2) is 8.83. The number of hydrogen-bond acceptors (Lipinski definition) is 5. The van der Waals surface area contributed by atoms with Crippen LogP contribution in [0.25, 0.3) is 0 Å². The fourth-order valence-electron chi connectivity index (χ4n) is 2.72. The number of methoxy groups -OCH3 is 1. The van der Waals surface area contributed by atoms with Crippen LogP contribution < -0.4 is 9.62 Å². The molecule has 0 bridgehead atoms. The summed E-state index contributed by atoms with van der Waals surface area (Å²) in [5, 5.41) is 2.62. The Morgan fingerprint density at radius 2 is 1.82 bits per heavy atom. The molecule has 0 aliphatic carbocycles. The molecule has 1 atom stereocenters. The maximum Gasteiger partial charge on any atom is 0.337 e. The number of halogens is 1. The number of ether oxygens (including phenoxy) is 1. The van der Waals surface area contributed by atoms with E-state index in [0.717, 1.165) is 22.7 Å². The summed E-state index contributed by atoms with van der Waals surface area (Å²) in [6.45, 7) is 1.66. The van der Waals surface area contributed by atoms with E-state index >= 15 is 0 Å². The summed E-state index contributed by atoms with van der Waals surface area (Å²) in [6, 6.07) is 9.86. The molecule has 0 radical (unpaired) electrons. The lowest BCUT2D eigenvalue weighted by atomic mass is 10.1. The van der Waals surface area contributed by atoms with E-state index in [0.29, 0.717) is 5.69 Å². The number of rotatable bonds is 7. The first-order chi connectivity index (χ1) is 13.2. The molecule has 0 saturated carbocycles. The summed E-state index contributed by atoms with van der Waals surface area (Å²) in [6.07, 6.45) is 1.15. The van der Waals surface area contributed by atoms with Gasteiger partial charge in [-0.05, 0) is 48.9 Å². The Kier molecular flexibility index (Phi) is 6.74. The third-order valence-electron chi connectivity index (χ3n) is 3.96. The van der Waals surface area contributed by atoms with Crippen LogP contribution in [-0.4, -0.2) is 39.7 Å². The number of nitrogens with zero attached hydrogens (tertiary/aromatic N) is 1.